The molecule has 3 nitrogen and oxygen atoms in total. The highest BCUT2D eigenvalue weighted by atomic mass is 16.5. The Morgan fingerprint density at radius 2 is 2.38 bits per heavy atom. The third kappa shape index (κ3) is 2.20. The minimum Gasteiger partial charge on any atom is -0.496 e. The normalized spacial score (nSPS) is 20.6. The first-order valence-electron chi connectivity index (χ1n) is 5.79. The number of rotatable bonds is 4. The van der Waals surface area contributed by atoms with Crippen molar-refractivity contribution in [1.82, 2.24) is 5.32 Å². The maximum Gasteiger partial charge on any atom is 0.122 e. The third-order valence-corrected chi connectivity index (χ3v) is 3.11. The highest BCUT2D eigenvalue weighted by Crippen LogP contribution is 2.36. The van der Waals surface area contributed by atoms with Crippen LogP contribution in [0.15, 0.2) is 18.2 Å². The molecule has 0 radical (unpaired) electrons. The third-order valence-electron chi connectivity index (χ3n) is 3.11. The van der Waals surface area contributed by atoms with E-state index in [-0.39, 0.29) is 6.10 Å². The van der Waals surface area contributed by atoms with Crippen LogP contribution in [0.3, 0.4) is 0 Å². The van der Waals surface area contributed by atoms with Gasteiger partial charge in [-0.25, -0.2) is 0 Å². The summed E-state index contributed by atoms with van der Waals surface area (Å²) < 4.78 is 5.35. The second kappa shape index (κ2) is 4.85. The summed E-state index contributed by atoms with van der Waals surface area (Å²) in [7, 11) is 1.71. The molecule has 88 valence electrons. The van der Waals surface area contributed by atoms with E-state index in [1.165, 1.54) is 11.1 Å². The molecule has 16 heavy (non-hydrogen) atoms. The Morgan fingerprint density at radius 3 is 3.06 bits per heavy atom. The van der Waals surface area contributed by atoms with E-state index < -0.39 is 0 Å². The Balaban J connectivity index is 2.13. The van der Waals surface area contributed by atoms with Gasteiger partial charge >= 0.3 is 0 Å². The first-order chi connectivity index (χ1) is 7.72. The summed E-state index contributed by atoms with van der Waals surface area (Å²) in [6.07, 6.45) is 1.84. The van der Waals surface area contributed by atoms with Gasteiger partial charge in [-0.05, 0) is 37.0 Å². The Hall–Kier alpha value is -1.06. The monoisotopic (exact) mass is 221 g/mol. The van der Waals surface area contributed by atoms with Crippen molar-refractivity contribution in [2.45, 2.75) is 31.9 Å². The quantitative estimate of drug-likeness (QED) is 0.812. The van der Waals surface area contributed by atoms with E-state index in [0.717, 1.165) is 18.6 Å². The van der Waals surface area contributed by atoms with Crippen molar-refractivity contribution in [1.29, 1.82) is 0 Å². The van der Waals surface area contributed by atoms with Gasteiger partial charge in [0.2, 0.25) is 0 Å². The number of hydrogen-bond acceptors (Lipinski definition) is 3. The van der Waals surface area contributed by atoms with E-state index in [4.69, 9.17) is 4.74 Å². The largest absolute Gasteiger partial charge is 0.496 e. The predicted molar refractivity (Wildman–Crippen MR) is 63.7 cm³/mol. The summed E-state index contributed by atoms with van der Waals surface area (Å²) in [4.78, 5) is 0. The zero-order chi connectivity index (χ0) is 11.5. The summed E-state index contributed by atoms with van der Waals surface area (Å²) in [6, 6.07) is 6.54. The van der Waals surface area contributed by atoms with Crippen molar-refractivity contribution in [3.05, 3.63) is 29.3 Å². The van der Waals surface area contributed by atoms with Crippen LogP contribution in [0.4, 0.5) is 0 Å². The van der Waals surface area contributed by atoms with E-state index in [1.807, 2.05) is 12.1 Å². The van der Waals surface area contributed by atoms with Crippen LogP contribution in [-0.4, -0.2) is 24.9 Å². The smallest absolute Gasteiger partial charge is 0.122 e. The fraction of sp³-hybridized carbons (Fsp3) is 0.538. The second-order valence-electron chi connectivity index (χ2n) is 4.38. The SMILES string of the molecule is COc1cccc2c1CCC2NC[C@H](C)O. The first kappa shape index (κ1) is 11.4. The van der Waals surface area contributed by atoms with E-state index in [2.05, 4.69) is 11.4 Å². The molecular formula is C13H19NO2. The van der Waals surface area contributed by atoms with Gasteiger partial charge in [0, 0.05) is 12.6 Å². The minimum absolute atomic E-state index is 0.297. The topological polar surface area (TPSA) is 41.5 Å². The number of methoxy groups -OCH3 is 1. The number of benzene rings is 1. The summed E-state index contributed by atoms with van der Waals surface area (Å²) in [6.45, 7) is 2.44. The lowest BCUT2D eigenvalue weighted by molar-refractivity contribution is 0.186. The van der Waals surface area contributed by atoms with Crippen LogP contribution in [0, 0.1) is 0 Å². The number of nitrogens with one attached hydrogen (secondary N) is 1. The van der Waals surface area contributed by atoms with Crippen LogP contribution in [0.5, 0.6) is 5.75 Å². The number of aliphatic hydroxyl groups is 1. The number of hydrogen-bond donors (Lipinski definition) is 2. The average Bonchev–Trinajstić information content (AvgIpc) is 2.69. The van der Waals surface area contributed by atoms with E-state index in [9.17, 15) is 5.11 Å². The lowest BCUT2D eigenvalue weighted by Gasteiger charge is -2.15. The molecule has 0 amide bonds. The van der Waals surface area contributed by atoms with Crippen LogP contribution in [0.2, 0.25) is 0 Å². The van der Waals surface area contributed by atoms with Crippen molar-refractivity contribution in [2.75, 3.05) is 13.7 Å². The van der Waals surface area contributed by atoms with Gasteiger partial charge in [0.1, 0.15) is 5.75 Å². The van der Waals surface area contributed by atoms with E-state index >= 15 is 0 Å². The lowest BCUT2D eigenvalue weighted by Crippen LogP contribution is -2.27. The van der Waals surface area contributed by atoms with Crippen molar-refractivity contribution in [2.24, 2.45) is 0 Å². The Morgan fingerprint density at radius 1 is 1.56 bits per heavy atom. The number of aliphatic hydroxyl groups excluding tert-OH is 1. The average molecular weight is 221 g/mol. The molecule has 1 aromatic carbocycles. The molecule has 0 aliphatic heterocycles. The Kier molecular flexibility index (Phi) is 3.46. The van der Waals surface area contributed by atoms with Gasteiger partial charge in [0.15, 0.2) is 0 Å². The molecule has 0 saturated heterocycles. The molecule has 0 fully saturated rings. The van der Waals surface area contributed by atoms with Gasteiger partial charge in [-0.1, -0.05) is 12.1 Å². The molecule has 2 atom stereocenters. The fourth-order valence-electron chi connectivity index (χ4n) is 2.34. The molecule has 1 aliphatic carbocycles. The first-order valence-corrected chi connectivity index (χ1v) is 5.79. The molecule has 1 aliphatic rings. The highest BCUT2D eigenvalue weighted by Gasteiger charge is 2.24. The van der Waals surface area contributed by atoms with Gasteiger partial charge in [-0.2, -0.15) is 0 Å². The lowest BCUT2D eigenvalue weighted by atomic mass is 10.1. The van der Waals surface area contributed by atoms with Gasteiger partial charge < -0.3 is 15.2 Å². The molecule has 2 N–H and O–H groups in total. The standard InChI is InChI=1S/C13H19NO2/c1-9(15)8-14-12-7-6-11-10(12)4-3-5-13(11)16-2/h3-5,9,12,14-15H,6-8H2,1-2H3/t9-,12?/m0/s1. The highest BCUT2D eigenvalue weighted by molar-refractivity contribution is 5.45. The number of ether oxygens (including phenoxy) is 1. The van der Waals surface area contributed by atoms with Crippen LogP contribution in [-0.2, 0) is 6.42 Å². The van der Waals surface area contributed by atoms with Crippen molar-refractivity contribution in [3.8, 4) is 5.75 Å². The zero-order valence-corrected chi connectivity index (χ0v) is 9.86. The van der Waals surface area contributed by atoms with Crippen LogP contribution < -0.4 is 10.1 Å². The van der Waals surface area contributed by atoms with Gasteiger partial charge in [-0.3, -0.25) is 0 Å². The maximum atomic E-state index is 9.27. The van der Waals surface area contributed by atoms with Crippen LogP contribution >= 0.6 is 0 Å². The van der Waals surface area contributed by atoms with Crippen LogP contribution in [0.1, 0.15) is 30.5 Å². The van der Waals surface area contributed by atoms with E-state index in [0.29, 0.717) is 12.6 Å². The predicted octanol–water partition coefficient (Wildman–Crippen LogP) is 1.65. The zero-order valence-electron chi connectivity index (χ0n) is 9.86. The number of fused-ring (bicyclic) bond motifs is 1. The van der Waals surface area contributed by atoms with Crippen molar-refractivity contribution in [3.63, 3.8) is 0 Å². The molecule has 0 saturated carbocycles. The molecule has 0 aromatic heterocycles. The molecule has 1 unspecified atom stereocenters. The maximum absolute atomic E-state index is 9.27. The fourth-order valence-corrected chi connectivity index (χ4v) is 2.34. The summed E-state index contributed by atoms with van der Waals surface area (Å²) in [5.41, 5.74) is 2.63. The Bertz CT molecular complexity index is 363. The molecule has 3 heteroatoms. The molecule has 0 heterocycles. The van der Waals surface area contributed by atoms with E-state index in [1.54, 1.807) is 14.0 Å². The Labute approximate surface area is 96.4 Å². The van der Waals surface area contributed by atoms with Crippen LogP contribution in [0.25, 0.3) is 0 Å². The summed E-state index contributed by atoms with van der Waals surface area (Å²) >= 11 is 0. The summed E-state index contributed by atoms with van der Waals surface area (Å²) in [5, 5.41) is 12.7. The molecule has 0 spiro atoms. The summed E-state index contributed by atoms with van der Waals surface area (Å²) in [5.74, 6) is 0.985. The van der Waals surface area contributed by atoms with Crippen molar-refractivity contribution < 1.29 is 9.84 Å². The molecular weight excluding hydrogens is 202 g/mol. The van der Waals surface area contributed by atoms with Gasteiger partial charge in [0.05, 0.1) is 13.2 Å². The molecule has 2 rings (SSSR count). The minimum atomic E-state index is -0.297. The molecule has 0 bridgehead atoms. The van der Waals surface area contributed by atoms with Crippen molar-refractivity contribution >= 4 is 0 Å². The van der Waals surface area contributed by atoms with Gasteiger partial charge in [0.25, 0.3) is 0 Å². The molecule has 1 aromatic rings. The second-order valence-corrected chi connectivity index (χ2v) is 4.38. The van der Waals surface area contributed by atoms with Gasteiger partial charge in [-0.15, -0.1) is 0 Å².